The third-order valence-electron chi connectivity index (χ3n) is 3.71. The lowest BCUT2D eigenvalue weighted by atomic mass is 9.84. The Morgan fingerprint density at radius 3 is 2.56 bits per heavy atom. The van der Waals surface area contributed by atoms with Gasteiger partial charge in [0, 0.05) is 19.1 Å². The Hall–Kier alpha value is -1.26. The van der Waals surface area contributed by atoms with Gasteiger partial charge in [0.05, 0.1) is 0 Å². The fraction of sp³-hybridized carbons (Fsp3) is 0.846. The molecule has 0 aromatic rings. The Bertz CT molecular complexity index is 350. The molecule has 2 amide bonds. The van der Waals surface area contributed by atoms with Crippen LogP contribution in [0.3, 0.4) is 0 Å². The lowest BCUT2D eigenvalue weighted by molar-refractivity contribution is -0.137. The molecule has 2 rings (SSSR count). The first-order valence-corrected chi connectivity index (χ1v) is 6.66. The molecule has 0 unspecified atom stereocenters. The number of carboxylic acids is 1. The number of carbonyl (C=O) groups is 2. The number of carboxylic acid groups (broad SMARTS) is 1. The van der Waals surface area contributed by atoms with Gasteiger partial charge in [-0.1, -0.05) is 13.8 Å². The first-order valence-electron chi connectivity index (χ1n) is 6.66. The second kappa shape index (κ2) is 4.78. The summed E-state index contributed by atoms with van der Waals surface area (Å²) < 4.78 is 0. The smallest absolute Gasteiger partial charge is 0.323 e. The molecular formula is C13H22N2O3. The Morgan fingerprint density at radius 1 is 1.39 bits per heavy atom. The van der Waals surface area contributed by atoms with E-state index in [0.29, 0.717) is 0 Å². The molecule has 18 heavy (non-hydrogen) atoms. The summed E-state index contributed by atoms with van der Waals surface area (Å²) in [4.78, 5) is 26.6. The van der Waals surface area contributed by atoms with Crippen molar-refractivity contribution in [2.24, 2.45) is 5.41 Å². The van der Waals surface area contributed by atoms with Crippen LogP contribution in [0.2, 0.25) is 0 Å². The number of hydrogen-bond donors (Lipinski definition) is 1. The molecule has 1 saturated carbocycles. The number of carbonyl (C=O) groups excluding carboxylic acids is 1. The minimum absolute atomic E-state index is 0.0901. The van der Waals surface area contributed by atoms with Crippen LogP contribution in [0.4, 0.5) is 4.79 Å². The highest BCUT2D eigenvalue weighted by Crippen LogP contribution is 2.32. The maximum Gasteiger partial charge on any atom is 0.323 e. The average Bonchev–Trinajstić information content (AvgIpc) is 3.07. The zero-order valence-corrected chi connectivity index (χ0v) is 11.2. The van der Waals surface area contributed by atoms with Crippen LogP contribution in [0.25, 0.3) is 0 Å². The van der Waals surface area contributed by atoms with E-state index in [9.17, 15) is 9.59 Å². The van der Waals surface area contributed by atoms with E-state index < -0.39 is 5.97 Å². The summed E-state index contributed by atoms with van der Waals surface area (Å²) in [5.41, 5.74) is 0.145. The van der Waals surface area contributed by atoms with Crippen LogP contribution in [0.15, 0.2) is 0 Å². The highest BCUT2D eigenvalue weighted by molar-refractivity contribution is 5.81. The van der Waals surface area contributed by atoms with E-state index in [1.807, 2.05) is 4.90 Å². The van der Waals surface area contributed by atoms with Crippen LogP contribution >= 0.6 is 0 Å². The third kappa shape index (κ3) is 3.15. The van der Waals surface area contributed by atoms with Crippen molar-refractivity contribution < 1.29 is 14.7 Å². The molecule has 0 aromatic heterocycles. The van der Waals surface area contributed by atoms with Gasteiger partial charge in [0.15, 0.2) is 0 Å². The molecule has 0 atom stereocenters. The van der Waals surface area contributed by atoms with Crippen LogP contribution in [0, 0.1) is 5.41 Å². The number of aliphatic carboxylic acids is 1. The first-order chi connectivity index (χ1) is 8.39. The van der Waals surface area contributed by atoms with Gasteiger partial charge in [-0.2, -0.15) is 0 Å². The van der Waals surface area contributed by atoms with Gasteiger partial charge in [-0.25, -0.2) is 4.79 Å². The topological polar surface area (TPSA) is 60.9 Å². The molecule has 2 aliphatic rings. The average molecular weight is 254 g/mol. The van der Waals surface area contributed by atoms with Crippen LogP contribution < -0.4 is 0 Å². The Labute approximate surface area is 108 Å². The van der Waals surface area contributed by atoms with Crippen molar-refractivity contribution in [2.45, 2.75) is 45.6 Å². The van der Waals surface area contributed by atoms with E-state index in [0.717, 1.165) is 38.8 Å². The Balaban J connectivity index is 2.01. The van der Waals surface area contributed by atoms with Crippen LogP contribution in [-0.4, -0.2) is 52.6 Å². The lowest BCUT2D eigenvalue weighted by Gasteiger charge is -2.40. The minimum atomic E-state index is -0.925. The minimum Gasteiger partial charge on any atom is -0.480 e. The standard InChI is InChI=1S/C13H22N2O3/c1-13(2)6-3-7-14(9-13)12(18)15(8-11(16)17)10-4-5-10/h10H,3-9H2,1-2H3,(H,16,17). The number of rotatable bonds is 3. The fourth-order valence-corrected chi connectivity index (χ4v) is 2.65. The molecular weight excluding hydrogens is 232 g/mol. The molecule has 0 radical (unpaired) electrons. The number of nitrogens with zero attached hydrogens (tertiary/aromatic N) is 2. The molecule has 5 nitrogen and oxygen atoms in total. The number of hydrogen-bond acceptors (Lipinski definition) is 2. The molecule has 0 aromatic carbocycles. The monoisotopic (exact) mass is 254 g/mol. The maximum absolute atomic E-state index is 12.4. The molecule has 1 saturated heterocycles. The molecule has 1 aliphatic heterocycles. The quantitative estimate of drug-likeness (QED) is 0.835. The fourth-order valence-electron chi connectivity index (χ4n) is 2.65. The van der Waals surface area contributed by atoms with Crippen molar-refractivity contribution in [1.29, 1.82) is 0 Å². The Morgan fingerprint density at radius 2 is 2.06 bits per heavy atom. The van der Waals surface area contributed by atoms with Crippen molar-refractivity contribution in [3.8, 4) is 0 Å². The van der Waals surface area contributed by atoms with Crippen molar-refractivity contribution in [1.82, 2.24) is 9.80 Å². The van der Waals surface area contributed by atoms with E-state index in [2.05, 4.69) is 13.8 Å². The summed E-state index contributed by atoms with van der Waals surface area (Å²) in [5, 5.41) is 8.90. The van der Waals surface area contributed by atoms with E-state index in [4.69, 9.17) is 5.11 Å². The van der Waals surface area contributed by atoms with Crippen molar-refractivity contribution in [3.63, 3.8) is 0 Å². The molecule has 1 aliphatic carbocycles. The normalized spacial score (nSPS) is 22.7. The molecule has 0 bridgehead atoms. The summed E-state index contributed by atoms with van der Waals surface area (Å²) in [7, 11) is 0. The van der Waals surface area contributed by atoms with E-state index in [1.54, 1.807) is 0 Å². The summed E-state index contributed by atoms with van der Waals surface area (Å²) >= 11 is 0. The van der Waals surface area contributed by atoms with Crippen LogP contribution in [0.5, 0.6) is 0 Å². The van der Waals surface area contributed by atoms with Crippen LogP contribution in [-0.2, 0) is 4.79 Å². The van der Waals surface area contributed by atoms with Gasteiger partial charge in [0.25, 0.3) is 0 Å². The molecule has 0 spiro atoms. The van der Waals surface area contributed by atoms with Gasteiger partial charge in [-0.15, -0.1) is 0 Å². The van der Waals surface area contributed by atoms with Crippen molar-refractivity contribution in [3.05, 3.63) is 0 Å². The van der Waals surface area contributed by atoms with Gasteiger partial charge in [-0.05, 0) is 31.1 Å². The second-order valence-electron chi connectivity index (χ2n) is 6.22. The third-order valence-corrected chi connectivity index (χ3v) is 3.71. The van der Waals surface area contributed by atoms with E-state index in [-0.39, 0.29) is 24.0 Å². The van der Waals surface area contributed by atoms with Gasteiger partial charge in [0.2, 0.25) is 0 Å². The number of amides is 2. The maximum atomic E-state index is 12.4. The lowest BCUT2D eigenvalue weighted by Crippen LogP contribution is -2.51. The van der Waals surface area contributed by atoms with Crippen molar-refractivity contribution in [2.75, 3.05) is 19.6 Å². The zero-order valence-electron chi connectivity index (χ0n) is 11.2. The molecule has 5 heteroatoms. The van der Waals surface area contributed by atoms with Gasteiger partial charge < -0.3 is 14.9 Å². The predicted octanol–water partition coefficient (Wildman–Crippen LogP) is 1.78. The number of piperidine rings is 1. The molecule has 1 heterocycles. The largest absolute Gasteiger partial charge is 0.480 e. The van der Waals surface area contributed by atoms with Crippen molar-refractivity contribution >= 4 is 12.0 Å². The molecule has 102 valence electrons. The van der Waals surface area contributed by atoms with E-state index >= 15 is 0 Å². The number of urea groups is 1. The highest BCUT2D eigenvalue weighted by Gasteiger charge is 2.38. The SMILES string of the molecule is CC1(C)CCCN(C(=O)N(CC(=O)O)C2CC2)C1. The first kappa shape index (κ1) is 13.2. The van der Waals surface area contributed by atoms with Gasteiger partial charge in [0.1, 0.15) is 6.54 Å². The van der Waals surface area contributed by atoms with E-state index in [1.165, 1.54) is 4.90 Å². The summed E-state index contributed by atoms with van der Waals surface area (Å²) in [5.74, 6) is -0.925. The second-order valence-corrected chi connectivity index (χ2v) is 6.22. The van der Waals surface area contributed by atoms with Crippen LogP contribution in [0.1, 0.15) is 39.5 Å². The highest BCUT2D eigenvalue weighted by atomic mass is 16.4. The molecule has 2 fully saturated rings. The Kier molecular flexibility index (Phi) is 3.50. The number of likely N-dealkylation sites (tertiary alicyclic amines) is 1. The summed E-state index contributed by atoms with van der Waals surface area (Å²) in [6.07, 6.45) is 4.01. The summed E-state index contributed by atoms with van der Waals surface area (Å²) in [6, 6.07) is 0.0614. The predicted molar refractivity (Wildman–Crippen MR) is 67.3 cm³/mol. The van der Waals surface area contributed by atoms with Gasteiger partial charge in [-0.3, -0.25) is 4.79 Å². The van der Waals surface area contributed by atoms with Gasteiger partial charge >= 0.3 is 12.0 Å². The summed E-state index contributed by atoms with van der Waals surface area (Å²) in [6.45, 7) is 5.64. The zero-order chi connectivity index (χ0) is 13.3. The molecule has 1 N–H and O–H groups in total.